The van der Waals surface area contributed by atoms with E-state index >= 15 is 0 Å². The first-order chi connectivity index (χ1) is 15.7. The summed E-state index contributed by atoms with van der Waals surface area (Å²) in [6.07, 6.45) is 1.43. The van der Waals surface area contributed by atoms with Crippen LogP contribution in [0.2, 0.25) is 0 Å². The van der Waals surface area contributed by atoms with Crippen LogP contribution < -0.4 is 15.4 Å². The summed E-state index contributed by atoms with van der Waals surface area (Å²) in [6, 6.07) is 27.5. The van der Waals surface area contributed by atoms with Crippen molar-refractivity contribution < 1.29 is 18.7 Å². The van der Waals surface area contributed by atoms with Gasteiger partial charge in [0.05, 0.1) is 25.0 Å². The molecular formula is C26H22N2O4. The van der Waals surface area contributed by atoms with Gasteiger partial charge < -0.3 is 19.8 Å². The molecule has 0 unspecified atom stereocenters. The molecular weight excluding hydrogens is 404 g/mol. The zero-order valence-corrected chi connectivity index (χ0v) is 17.4. The van der Waals surface area contributed by atoms with Gasteiger partial charge in [0.2, 0.25) is 5.91 Å². The van der Waals surface area contributed by atoms with Gasteiger partial charge in [0.25, 0.3) is 5.91 Å². The van der Waals surface area contributed by atoms with E-state index in [4.69, 9.17) is 9.15 Å². The molecule has 1 aromatic heterocycles. The molecule has 0 aliphatic heterocycles. The molecule has 6 heteroatoms. The fourth-order valence-corrected chi connectivity index (χ4v) is 3.48. The van der Waals surface area contributed by atoms with Gasteiger partial charge in [-0.3, -0.25) is 9.59 Å². The highest BCUT2D eigenvalue weighted by Crippen LogP contribution is 2.31. The van der Waals surface area contributed by atoms with Crippen molar-refractivity contribution in [2.24, 2.45) is 0 Å². The van der Waals surface area contributed by atoms with Crippen LogP contribution in [-0.4, -0.2) is 18.9 Å². The number of carbonyl (C=O) groups excluding carboxylic acids is 2. The first kappa shape index (κ1) is 20.9. The van der Waals surface area contributed by atoms with Gasteiger partial charge in [-0.05, 0) is 41.5 Å². The van der Waals surface area contributed by atoms with E-state index < -0.39 is 11.8 Å². The number of nitrogens with one attached hydrogen (secondary N) is 2. The number of amides is 2. The molecule has 2 N–H and O–H groups in total. The van der Waals surface area contributed by atoms with E-state index in [2.05, 4.69) is 10.6 Å². The van der Waals surface area contributed by atoms with Crippen LogP contribution in [0.15, 0.2) is 102 Å². The average Bonchev–Trinajstić information content (AvgIpc) is 3.36. The molecule has 0 radical (unpaired) electrons. The maximum absolute atomic E-state index is 13.3. The summed E-state index contributed by atoms with van der Waals surface area (Å²) in [5, 5.41) is 5.73. The molecule has 2 amide bonds. The minimum atomic E-state index is -0.485. The van der Waals surface area contributed by atoms with E-state index in [9.17, 15) is 9.59 Å². The minimum Gasteiger partial charge on any atom is -0.495 e. The molecule has 1 heterocycles. The molecule has 0 aliphatic carbocycles. The Morgan fingerprint density at radius 1 is 0.812 bits per heavy atom. The summed E-state index contributed by atoms with van der Waals surface area (Å²) in [5.41, 5.74) is 2.72. The average molecular weight is 426 g/mol. The van der Waals surface area contributed by atoms with Crippen LogP contribution >= 0.6 is 0 Å². The highest BCUT2D eigenvalue weighted by molar-refractivity contribution is 6.04. The maximum Gasteiger partial charge on any atom is 0.291 e. The standard InChI is InChI=1S/C26H22N2O4/c1-31-22-15-14-20(17-21(22)28-25(29)23-13-8-16-32-23)27-26(30)24(18-9-4-2-5-10-18)19-11-6-3-7-12-19/h2-17,24H,1H3,(H,27,30)(H,28,29). The zero-order valence-electron chi connectivity index (χ0n) is 17.4. The maximum atomic E-state index is 13.3. The van der Waals surface area contributed by atoms with Crippen molar-refractivity contribution in [3.8, 4) is 5.75 Å². The van der Waals surface area contributed by atoms with Crippen LogP contribution in [0.3, 0.4) is 0 Å². The number of hydrogen-bond donors (Lipinski definition) is 2. The SMILES string of the molecule is COc1ccc(NC(=O)C(c2ccccc2)c2ccccc2)cc1NC(=O)c1ccco1. The van der Waals surface area contributed by atoms with E-state index in [-0.39, 0.29) is 11.7 Å². The van der Waals surface area contributed by atoms with E-state index in [1.54, 1.807) is 30.3 Å². The normalized spacial score (nSPS) is 10.6. The molecule has 4 rings (SSSR count). The number of furan rings is 1. The third kappa shape index (κ3) is 4.70. The molecule has 0 saturated carbocycles. The summed E-state index contributed by atoms with van der Waals surface area (Å²) >= 11 is 0. The largest absolute Gasteiger partial charge is 0.495 e. The summed E-state index contributed by atoms with van der Waals surface area (Å²) < 4.78 is 10.5. The van der Waals surface area contributed by atoms with Crippen molar-refractivity contribution >= 4 is 23.2 Å². The Hall–Kier alpha value is -4.32. The molecule has 0 spiro atoms. The second kappa shape index (κ2) is 9.66. The smallest absolute Gasteiger partial charge is 0.291 e. The first-order valence-corrected chi connectivity index (χ1v) is 10.1. The van der Waals surface area contributed by atoms with E-state index in [0.29, 0.717) is 17.1 Å². The molecule has 0 atom stereocenters. The lowest BCUT2D eigenvalue weighted by atomic mass is 9.90. The Kier molecular flexibility index (Phi) is 6.32. The predicted octanol–water partition coefficient (Wildman–Crippen LogP) is 5.31. The highest BCUT2D eigenvalue weighted by atomic mass is 16.5. The number of anilines is 2. The summed E-state index contributed by atoms with van der Waals surface area (Å²) in [7, 11) is 1.51. The van der Waals surface area contributed by atoms with Gasteiger partial charge in [0.1, 0.15) is 5.75 Å². The number of ether oxygens (including phenoxy) is 1. The van der Waals surface area contributed by atoms with Crippen LogP contribution in [0.5, 0.6) is 5.75 Å². The van der Waals surface area contributed by atoms with Crippen molar-refractivity contribution in [3.63, 3.8) is 0 Å². The van der Waals surface area contributed by atoms with E-state index in [0.717, 1.165) is 11.1 Å². The summed E-state index contributed by atoms with van der Waals surface area (Å²) in [6.45, 7) is 0. The molecule has 0 saturated heterocycles. The van der Waals surface area contributed by atoms with Gasteiger partial charge in [-0.15, -0.1) is 0 Å². The lowest BCUT2D eigenvalue weighted by molar-refractivity contribution is -0.116. The second-order valence-electron chi connectivity index (χ2n) is 7.09. The number of carbonyl (C=O) groups is 2. The van der Waals surface area contributed by atoms with Crippen molar-refractivity contribution in [1.82, 2.24) is 0 Å². The van der Waals surface area contributed by atoms with Crippen LogP contribution in [0.25, 0.3) is 0 Å². The van der Waals surface area contributed by atoms with Crippen molar-refractivity contribution in [1.29, 1.82) is 0 Å². The topological polar surface area (TPSA) is 80.6 Å². The summed E-state index contributed by atoms with van der Waals surface area (Å²) in [5.74, 6) is -0.444. The Morgan fingerprint density at radius 3 is 2.03 bits per heavy atom. The van der Waals surface area contributed by atoms with Crippen LogP contribution in [-0.2, 0) is 4.79 Å². The third-order valence-electron chi connectivity index (χ3n) is 4.99. The van der Waals surface area contributed by atoms with Crippen molar-refractivity contribution in [2.75, 3.05) is 17.7 Å². The van der Waals surface area contributed by atoms with Gasteiger partial charge >= 0.3 is 0 Å². The van der Waals surface area contributed by atoms with E-state index in [1.165, 1.54) is 13.4 Å². The fraction of sp³-hybridized carbons (Fsp3) is 0.0769. The molecule has 4 aromatic rings. The molecule has 0 bridgehead atoms. The first-order valence-electron chi connectivity index (χ1n) is 10.1. The number of rotatable bonds is 7. The van der Waals surface area contributed by atoms with Gasteiger partial charge in [-0.2, -0.15) is 0 Å². The van der Waals surface area contributed by atoms with Crippen LogP contribution in [0.1, 0.15) is 27.6 Å². The highest BCUT2D eigenvalue weighted by Gasteiger charge is 2.23. The van der Waals surface area contributed by atoms with E-state index in [1.807, 2.05) is 60.7 Å². The quantitative estimate of drug-likeness (QED) is 0.420. The lowest BCUT2D eigenvalue weighted by Crippen LogP contribution is -2.22. The van der Waals surface area contributed by atoms with Gasteiger partial charge in [-0.1, -0.05) is 60.7 Å². The molecule has 0 aliphatic rings. The number of methoxy groups -OCH3 is 1. The van der Waals surface area contributed by atoms with Gasteiger partial charge in [0.15, 0.2) is 5.76 Å². The number of benzene rings is 3. The van der Waals surface area contributed by atoms with Crippen LogP contribution in [0.4, 0.5) is 11.4 Å². The minimum absolute atomic E-state index is 0.176. The monoisotopic (exact) mass is 426 g/mol. The van der Waals surface area contributed by atoms with Gasteiger partial charge in [0, 0.05) is 5.69 Å². The second-order valence-corrected chi connectivity index (χ2v) is 7.09. The molecule has 3 aromatic carbocycles. The summed E-state index contributed by atoms with van der Waals surface area (Å²) in [4.78, 5) is 25.8. The predicted molar refractivity (Wildman–Crippen MR) is 123 cm³/mol. The molecule has 0 fully saturated rings. The number of hydrogen-bond acceptors (Lipinski definition) is 4. The Balaban J connectivity index is 1.60. The van der Waals surface area contributed by atoms with Crippen molar-refractivity contribution in [2.45, 2.75) is 5.92 Å². The Morgan fingerprint density at radius 2 is 1.47 bits per heavy atom. The molecule has 32 heavy (non-hydrogen) atoms. The molecule has 6 nitrogen and oxygen atoms in total. The molecule has 160 valence electrons. The lowest BCUT2D eigenvalue weighted by Gasteiger charge is -2.19. The third-order valence-corrected chi connectivity index (χ3v) is 4.99. The van der Waals surface area contributed by atoms with Crippen LogP contribution in [0, 0.1) is 0 Å². The Bertz CT molecular complexity index is 1150. The fourth-order valence-electron chi connectivity index (χ4n) is 3.48. The van der Waals surface area contributed by atoms with Gasteiger partial charge in [-0.25, -0.2) is 0 Å². The zero-order chi connectivity index (χ0) is 22.3. The van der Waals surface area contributed by atoms with Crippen molar-refractivity contribution in [3.05, 3.63) is 114 Å². The Labute approximate surface area is 185 Å².